The van der Waals surface area contributed by atoms with Crippen LogP contribution in [0.4, 0.5) is 15.8 Å². The van der Waals surface area contributed by atoms with Crippen LogP contribution in [0.1, 0.15) is 22.3 Å². The SMILES string of the molecule is O=C1c2ccccc2N[C@@H](c2ccco2)N1c1ccc(F)cc1. The summed E-state index contributed by atoms with van der Waals surface area (Å²) in [6, 6.07) is 16.7. The number of rotatable bonds is 2. The number of nitrogens with zero attached hydrogens (tertiary/aromatic N) is 1. The fraction of sp³-hybridized carbons (Fsp3) is 0.0556. The van der Waals surface area contributed by atoms with E-state index in [2.05, 4.69) is 5.32 Å². The average Bonchev–Trinajstić information content (AvgIpc) is 3.10. The third-order valence-electron chi connectivity index (χ3n) is 3.84. The molecule has 5 heteroatoms. The van der Waals surface area contributed by atoms with Gasteiger partial charge in [0.2, 0.25) is 0 Å². The fourth-order valence-electron chi connectivity index (χ4n) is 2.77. The maximum absolute atomic E-state index is 13.2. The van der Waals surface area contributed by atoms with Crippen molar-refractivity contribution in [2.45, 2.75) is 6.17 Å². The molecule has 2 aromatic carbocycles. The van der Waals surface area contributed by atoms with Gasteiger partial charge in [-0.25, -0.2) is 4.39 Å². The van der Waals surface area contributed by atoms with E-state index < -0.39 is 6.17 Å². The molecule has 1 aliphatic heterocycles. The van der Waals surface area contributed by atoms with E-state index in [1.165, 1.54) is 12.1 Å². The zero-order valence-corrected chi connectivity index (χ0v) is 12.1. The number of hydrogen-bond donors (Lipinski definition) is 1. The first-order chi connectivity index (χ1) is 11.2. The van der Waals surface area contributed by atoms with E-state index in [1.807, 2.05) is 18.2 Å². The molecular weight excluding hydrogens is 295 g/mol. The van der Waals surface area contributed by atoms with Crippen molar-refractivity contribution in [1.29, 1.82) is 0 Å². The summed E-state index contributed by atoms with van der Waals surface area (Å²) < 4.78 is 18.7. The predicted octanol–water partition coefficient (Wildman–Crippen LogP) is 4.19. The van der Waals surface area contributed by atoms with Gasteiger partial charge >= 0.3 is 0 Å². The van der Waals surface area contributed by atoms with E-state index in [9.17, 15) is 9.18 Å². The molecule has 0 unspecified atom stereocenters. The summed E-state index contributed by atoms with van der Waals surface area (Å²) in [5, 5.41) is 3.31. The second-order valence-electron chi connectivity index (χ2n) is 5.26. The minimum absolute atomic E-state index is 0.160. The standard InChI is InChI=1S/C18H13FN2O2/c19-12-7-9-13(10-8-12)21-17(16-6-3-11-23-16)20-15-5-2-1-4-14(15)18(21)22/h1-11,17,20H/t17-/m1/s1. The van der Waals surface area contributed by atoms with Crippen molar-refractivity contribution in [3.05, 3.63) is 84.1 Å². The molecule has 23 heavy (non-hydrogen) atoms. The maximum atomic E-state index is 13.2. The van der Waals surface area contributed by atoms with Crippen LogP contribution in [-0.2, 0) is 0 Å². The summed E-state index contributed by atoms with van der Waals surface area (Å²) in [4.78, 5) is 14.5. The van der Waals surface area contributed by atoms with Crippen molar-refractivity contribution in [1.82, 2.24) is 0 Å². The van der Waals surface area contributed by atoms with Crippen molar-refractivity contribution >= 4 is 17.3 Å². The number of benzene rings is 2. The molecule has 0 fully saturated rings. The van der Waals surface area contributed by atoms with Gasteiger partial charge in [0.05, 0.1) is 11.8 Å². The van der Waals surface area contributed by atoms with Gasteiger partial charge in [0.25, 0.3) is 5.91 Å². The highest BCUT2D eigenvalue weighted by molar-refractivity contribution is 6.12. The number of carbonyl (C=O) groups excluding carboxylic acids is 1. The third kappa shape index (κ3) is 2.26. The molecule has 0 spiro atoms. The number of furan rings is 1. The topological polar surface area (TPSA) is 45.5 Å². The molecule has 0 saturated heterocycles. The zero-order chi connectivity index (χ0) is 15.8. The van der Waals surface area contributed by atoms with Crippen LogP contribution in [0.5, 0.6) is 0 Å². The molecule has 0 aliphatic carbocycles. The van der Waals surface area contributed by atoms with Gasteiger partial charge in [0, 0.05) is 11.4 Å². The van der Waals surface area contributed by atoms with Gasteiger partial charge in [0.1, 0.15) is 11.6 Å². The zero-order valence-electron chi connectivity index (χ0n) is 12.1. The molecule has 1 atom stereocenters. The first-order valence-corrected chi connectivity index (χ1v) is 7.22. The van der Waals surface area contributed by atoms with Gasteiger partial charge in [-0.1, -0.05) is 12.1 Å². The first-order valence-electron chi connectivity index (χ1n) is 7.22. The molecule has 1 N–H and O–H groups in total. The minimum atomic E-state index is -0.488. The van der Waals surface area contributed by atoms with Crippen LogP contribution in [0, 0.1) is 5.82 Å². The summed E-state index contributed by atoms with van der Waals surface area (Å²) in [7, 11) is 0. The van der Waals surface area contributed by atoms with Crippen LogP contribution in [0.2, 0.25) is 0 Å². The number of hydrogen-bond acceptors (Lipinski definition) is 3. The van der Waals surface area contributed by atoms with Gasteiger partial charge in [0.15, 0.2) is 6.17 Å². The summed E-state index contributed by atoms with van der Waals surface area (Å²) in [5.74, 6) is 0.102. The first kappa shape index (κ1) is 13.6. The van der Waals surface area contributed by atoms with E-state index in [0.717, 1.165) is 5.69 Å². The van der Waals surface area contributed by atoms with Gasteiger partial charge in [-0.3, -0.25) is 9.69 Å². The Morgan fingerprint density at radius 2 is 1.78 bits per heavy atom. The Bertz CT molecular complexity index is 844. The quantitative estimate of drug-likeness (QED) is 0.772. The van der Waals surface area contributed by atoms with E-state index in [0.29, 0.717) is 17.0 Å². The lowest BCUT2D eigenvalue weighted by Gasteiger charge is -2.36. The molecule has 4 nitrogen and oxygen atoms in total. The molecule has 0 saturated carbocycles. The van der Waals surface area contributed by atoms with Crippen LogP contribution in [-0.4, -0.2) is 5.91 Å². The molecular formula is C18H13FN2O2. The van der Waals surface area contributed by atoms with E-state index >= 15 is 0 Å². The van der Waals surface area contributed by atoms with Crippen LogP contribution >= 0.6 is 0 Å². The lowest BCUT2D eigenvalue weighted by Crippen LogP contribution is -2.43. The van der Waals surface area contributed by atoms with Crippen LogP contribution < -0.4 is 10.2 Å². The summed E-state index contributed by atoms with van der Waals surface area (Å²) in [6.07, 6.45) is 1.07. The third-order valence-corrected chi connectivity index (χ3v) is 3.84. The Labute approximate surface area is 132 Å². The molecule has 0 bridgehead atoms. The largest absolute Gasteiger partial charge is 0.465 e. The van der Waals surface area contributed by atoms with Crippen molar-refractivity contribution < 1.29 is 13.6 Å². The smallest absolute Gasteiger partial charge is 0.262 e. The van der Waals surface area contributed by atoms with Crippen LogP contribution in [0.25, 0.3) is 0 Å². The Morgan fingerprint density at radius 1 is 1.00 bits per heavy atom. The highest BCUT2D eigenvalue weighted by Gasteiger charge is 2.35. The predicted molar refractivity (Wildman–Crippen MR) is 84.7 cm³/mol. The summed E-state index contributed by atoms with van der Waals surface area (Å²) >= 11 is 0. The van der Waals surface area contributed by atoms with Gasteiger partial charge in [-0.05, 0) is 48.5 Å². The Morgan fingerprint density at radius 3 is 2.52 bits per heavy atom. The molecule has 1 aliphatic rings. The second-order valence-corrected chi connectivity index (χ2v) is 5.26. The van der Waals surface area contributed by atoms with Crippen molar-refractivity contribution in [3.8, 4) is 0 Å². The molecule has 0 radical (unpaired) electrons. The molecule has 1 amide bonds. The lowest BCUT2D eigenvalue weighted by molar-refractivity contribution is 0.0971. The van der Waals surface area contributed by atoms with Crippen LogP contribution in [0.15, 0.2) is 71.3 Å². The molecule has 1 aromatic heterocycles. The fourth-order valence-corrected chi connectivity index (χ4v) is 2.77. The maximum Gasteiger partial charge on any atom is 0.262 e. The summed E-state index contributed by atoms with van der Waals surface area (Å²) in [6.45, 7) is 0. The Balaban J connectivity index is 1.85. The number of nitrogens with one attached hydrogen (secondary N) is 1. The van der Waals surface area contributed by atoms with E-state index in [-0.39, 0.29) is 11.7 Å². The minimum Gasteiger partial charge on any atom is -0.465 e. The second kappa shape index (κ2) is 5.28. The number of fused-ring (bicyclic) bond motifs is 1. The Kier molecular flexibility index (Phi) is 3.12. The number of carbonyl (C=O) groups is 1. The average molecular weight is 308 g/mol. The highest BCUT2D eigenvalue weighted by Crippen LogP contribution is 2.36. The van der Waals surface area contributed by atoms with Crippen molar-refractivity contribution in [2.24, 2.45) is 0 Å². The number of para-hydroxylation sites is 1. The van der Waals surface area contributed by atoms with Gasteiger partial charge in [-0.15, -0.1) is 0 Å². The normalized spacial score (nSPS) is 16.8. The monoisotopic (exact) mass is 308 g/mol. The highest BCUT2D eigenvalue weighted by atomic mass is 19.1. The summed E-state index contributed by atoms with van der Waals surface area (Å²) in [5.41, 5.74) is 1.91. The molecule has 3 aromatic rings. The molecule has 4 rings (SSSR count). The van der Waals surface area contributed by atoms with Crippen molar-refractivity contribution in [3.63, 3.8) is 0 Å². The molecule has 114 valence electrons. The molecule has 2 heterocycles. The van der Waals surface area contributed by atoms with E-state index in [4.69, 9.17) is 4.42 Å². The van der Waals surface area contributed by atoms with Crippen LogP contribution in [0.3, 0.4) is 0 Å². The number of amides is 1. The lowest BCUT2D eigenvalue weighted by atomic mass is 10.1. The number of anilines is 2. The van der Waals surface area contributed by atoms with Gasteiger partial charge < -0.3 is 9.73 Å². The van der Waals surface area contributed by atoms with E-state index in [1.54, 1.807) is 41.5 Å². The van der Waals surface area contributed by atoms with Gasteiger partial charge in [-0.2, -0.15) is 0 Å². The number of halogens is 1. The van der Waals surface area contributed by atoms with Crippen molar-refractivity contribution in [2.75, 3.05) is 10.2 Å². The Hall–Kier alpha value is -3.08.